The second kappa shape index (κ2) is 10.7. The lowest BCUT2D eigenvalue weighted by atomic mass is 10.3. The van der Waals surface area contributed by atoms with Gasteiger partial charge in [0.2, 0.25) is 5.91 Å². The molecule has 0 saturated heterocycles. The number of amides is 2. The number of benzene rings is 1. The molecule has 0 spiro atoms. The molecule has 2 rings (SSSR count). The predicted molar refractivity (Wildman–Crippen MR) is 105 cm³/mol. The summed E-state index contributed by atoms with van der Waals surface area (Å²) in [4.78, 5) is 40.4. The van der Waals surface area contributed by atoms with Gasteiger partial charge in [-0.05, 0) is 18.2 Å². The monoisotopic (exact) mass is 416 g/mol. The first-order chi connectivity index (χ1) is 13.9. The third kappa shape index (κ3) is 6.51. The average Bonchev–Trinajstić information content (AvgIpc) is 3.15. The van der Waals surface area contributed by atoms with E-state index in [2.05, 4.69) is 10.3 Å². The Morgan fingerprint density at radius 3 is 2.83 bits per heavy atom. The number of halogens is 1. The number of aromatic nitrogens is 1. The van der Waals surface area contributed by atoms with Crippen LogP contribution >= 0.6 is 11.3 Å². The number of rotatable bonds is 8. The van der Waals surface area contributed by atoms with Gasteiger partial charge >= 0.3 is 5.97 Å². The Kier molecular flexibility index (Phi) is 8.00. The second-order valence-electron chi connectivity index (χ2n) is 5.56. The van der Waals surface area contributed by atoms with Crippen LogP contribution in [0.4, 0.5) is 15.2 Å². The average molecular weight is 416 g/mol. The number of esters is 1. The lowest BCUT2D eigenvalue weighted by Crippen LogP contribution is -2.29. The number of nitrogens with one attached hydrogen (secondary N) is 1. The maximum absolute atomic E-state index is 14.1. The molecule has 0 bridgehead atoms. The van der Waals surface area contributed by atoms with Gasteiger partial charge in [0, 0.05) is 24.9 Å². The molecule has 0 saturated carbocycles. The van der Waals surface area contributed by atoms with Crippen molar-refractivity contribution in [2.75, 3.05) is 18.1 Å². The molecule has 29 heavy (non-hydrogen) atoms. The van der Waals surface area contributed by atoms with Gasteiger partial charge in [-0.3, -0.25) is 14.5 Å². The number of anilines is 2. The zero-order chi connectivity index (χ0) is 21.2. The summed E-state index contributed by atoms with van der Waals surface area (Å²) in [6.07, 6.45) is 2.61. The summed E-state index contributed by atoms with van der Waals surface area (Å²) in [6.45, 7) is 1.00. The Balaban J connectivity index is 1.99. The van der Waals surface area contributed by atoms with Crippen LogP contribution in [-0.4, -0.2) is 35.9 Å². The molecular formula is C19H17FN4O4S. The Bertz CT molecular complexity index is 967. The van der Waals surface area contributed by atoms with Gasteiger partial charge in [0.1, 0.15) is 5.82 Å². The van der Waals surface area contributed by atoms with Crippen molar-refractivity contribution in [3.63, 3.8) is 0 Å². The van der Waals surface area contributed by atoms with E-state index in [1.165, 1.54) is 31.2 Å². The maximum Gasteiger partial charge on any atom is 0.331 e. The van der Waals surface area contributed by atoms with E-state index in [-0.39, 0.29) is 23.8 Å². The third-order valence-corrected chi connectivity index (χ3v) is 4.25. The van der Waals surface area contributed by atoms with Gasteiger partial charge < -0.3 is 10.1 Å². The summed E-state index contributed by atoms with van der Waals surface area (Å²) in [6, 6.07) is 7.70. The molecule has 2 amide bonds. The number of ether oxygens (including phenoxy) is 1. The van der Waals surface area contributed by atoms with Crippen LogP contribution in [0, 0.1) is 17.1 Å². The summed E-state index contributed by atoms with van der Waals surface area (Å²) in [5.41, 5.74) is 0.440. The van der Waals surface area contributed by atoms with Crippen LogP contribution in [-0.2, 0) is 19.1 Å². The number of nitrogens with zero attached hydrogens (tertiary/aromatic N) is 3. The van der Waals surface area contributed by atoms with Crippen LogP contribution in [0.1, 0.15) is 19.0 Å². The molecule has 0 aliphatic carbocycles. The lowest BCUT2D eigenvalue weighted by Gasteiger charge is -2.18. The quantitative estimate of drug-likeness (QED) is 0.402. The minimum atomic E-state index is -0.757. The minimum absolute atomic E-state index is 0.0756. The molecule has 0 atom stereocenters. The lowest BCUT2D eigenvalue weighted by molar-refractivity contribution is -0.143. The molecule has 10 heteroatoms. The van der Waals surface area contributed by atoms with Gasteiger partial charge in [0.15, 0.2) is 11.7 Å². The van der Waals surface area contributed by atoms with E-state index in [4.69, 9.17) is 10.00 Å². The molecule has 1 heterocycles. The van der Waals surface area contributed by atoms with Crippen LogP contribution in [0.25, 0.3) is 6.08 Å². The van der Waals surface area contributed by atoms with Gasteiger partial charge in [0.25, 0.3) is 5.91 Å². The SMILES string of the molecule is CC(=O)N(c1nc(/C=C/C(=O)OCC(=O)NCCC#N)cs1)c1ccccc1F. The molecular weight excluding hydrogens is 399 g/mol. The Morgan fingerprint density at radius 1 is 1.38 bits per heavy atom. The second-order valence-corrected chi connectivity index (χ2v) is 6.40. The van der Waals surface area contributed by atoms with E-state index in [9.17, 15) is 18.8 Å². The summed E-state index contributed by atoms with van der Waals surface area (Å²) in [5.74, 6) is -2.25. The van der Waals surface area contributed by atoms with Crippen molar-refractivity contribution in [1.82, 2.24) is 10.3 Å². The Hall–Kier alpha value is -3.58. The van der Waals surface area contributed by atoms with Crippen molar-refractivity contribution in [3.8, 4) is 6.07 Å². The number of thiazole rings is 1. The molecule has 8 nitrogen and oxygen atoms in total. The fraction of sp³-hybridized carbons (Fsp3) is 0.211. The van der Waals surface area contributed by atoms with Crippen molar-refractivity contribution < 1.29 is 23.5 Å². The van der Waals surface area contributed by atoms with Crippen LogP contribution in [0.3, 0.4) is 0 Å². The Morgan fingerprint density at radius 2 is 2.14 bits per heavy atom. The molecule has 0 fully saturated rings. The normalized spacial score (nSPS) is 10.4. The van der Waals surface area contributed by atoms with Gasteiger partial charge in [-0.2, -0.15) is 5.26 Å². The minimum Gasteiger partial charge on any atom is -0.452 e. The van der Waals surface area contributed by atoms with Crippen molar-refractivity contribution in [2.45, 2.75) is 13.3 Å². The van der Waals surface area contributed by atoms with E-state index >= 15 is 0 Å². The van der Waals surface area contributed by atoms with E-state index in [0.717, 1.165) is 22.3 Å². The van der Waals surface area contributed by atoms with Crippen LogP contribution in [0.15, 0.2) is 35.7 Å². The van der Waals surface area contributed by atoms with Crippen LogP contribution in [0.2, 0.25) is 0 Å². The van der Waals surface area contributed by atoms with Gasteiger partial charge in [-0.15, -0.1) is 11.3 Å². The smallest absolute Gasteiger partial charge is 0.331 e. The molecule has 0 aliphatic heterocycles. The first-order valence-corrected chi connectivity index (χ1v) is 9.29. The molecule has 150 valence electrons. The Labute approximate surface area is 170 Å². The van der Waals surface area contributed by atoms with Crippen LogP contribution in [0.5, 0.6) is 0 Å². The van der Waals surface area contributed by atoms with Crippen molar-refractivity contribution in [1.29, 1.82) is 5.26 Å². The van der Waals surface area contributed by atoms with E-state index in [1.54, 1.807) is 11.4 Å². The summed E-state index contributed by atoms with van der Waals surface area (Å²) in [7, 11) is 0. The van der Waals surface area contributed by atoms with Gasteiger partial charge in [-0.1, -0.05) is 12.1 Å². The molecule has 1 N–H and O–H groups in total. The third-order valence-electron chi connectivity index (χ3n) is 3.40. The topological polar surface area (TPSA) is 112 Å². The highest BCUT2D eigenvalue weighted by Gasteiger charge is 2.20. The first-order valence-electron chi connectivity index (χ1n) is 8.41. The van der Waals surface area contributed by atoms with Gasteiger partial charge in [-0.25, -0.2) is 14.2 Å². The summed E-state index contributed by atoms with van der Waals surface area (Å²) >= 11 is 1.10. The van der Waals surface area contributed by atoms with Crippen molar-refractivity contribution in [2.24, 2.45) is 0 Å². The summed E-state index contributed by atoms with van der Waals surface area (Å²) < 4.78 is 18.8. The number of hydrogen-bond acceptors (Lipinski definition) is 7. The molecule has 1 aromatic heterocycles. The highest BCUT2D eigenvalue weighted by molar-refractivity contribution is 7.14. The fourth-order valence-electron chi connectivity index (χ4n) is 2.14. The zero-order valence-electron chi connectivity index (χ0n) is 15.4. The fourth-order valence-corrected chi connectivity index (χ4v) is 2.99. The number of nitriles is 1. The van der Waals surface area contributed by atoms with E-state index in [1.807, 2.05) is 6.07 Å². The molecule has 1 aromatic carbocycles. The first kappa shape index (κ1) is 21.7. The number of carbonyl (C=O) groups is 3. The zero-order valence-corrected chi connectivity index (χ0v) is 16.2. The number of carbonyl (C=O) groups excluding carboxylic acids is 3. The number of hydrogen-bond donors (Lipinski definition) is 1. The molecule has 0 unspecified atom stereocenters. The highest BCUT2D eigenvalue weighted by Crippen LogP contribution is 2.30. The van der Waals surface area contributed by atoms with E-state index in [0.29, 0.717) is 5.69 Å². The van der Waals surface area contributed by atoms with Crippen molar-refractivity contribution in [3.05, 3.63) is 47.2 Å². The van der Waals surface area contributed by atoms with Crippen LogP contribution < -0.4 is 10.2 Å². The predicted octanol–water partition coefficient (Wildman–Crippen LogP) is 2.55. The molecule has 2 aromatic rings. The van der Waals surface area contributed by atoms with Crippen molar-refractivity contribution >= 4 is 46.0 Å². The number of para-hydroxylation sites is 1. The summed E-state index contributed by atoms with van der Waals surface area (Å²) in [5, 5.41) is 12.6. The standard InChI is InChI=1S/C19H17FN4O4S/c1-13(25)24(16-6-3-2-5-15(16)20)19-23-14(12-29-19)7-8-18(27)28-11-17(26)22-10-4-9-21/h2-3,5-8,12H,4,10-11H2,1H3,(H,22,26)/b8-7+. The van der Waals surface area contributed by atoms with Gasteiger partial charge in [0.05, 0.1) is 23.9 Å². The molecule has 0 radical (unpaired) electrons. The highest BCUT2D eigenvalue weighted by atomic mass is 32.1. The maximum atomic E-state index is 14.1. The largest absolute Gasteiger partial charge is 0.452 e. The molecule has 0 aliphatic rings. The van der Waals surface area contributed by atoms with E-state index < -0.39 is 30.2 Å².